The number of nitrogens with zero attached hydrogens (tertiary/aromatic N) is 3. The summed E-state index contributed by atoms with van der Waals surface area (Å²) in [6.07, 6.45) is -0.563. The molecule has 1 aromatic rings. The second kappa shape index (κ2) is 6.93. The topological polar surface area (TPSA) is 84.7 Å². The second-order valence-corrected chi connectivity index (χ2v) is 7.53. The summed E-state index contributed by atoms with van der Waals surface area (Å²) in [6.45, 7) is 11.4. The van der Waals surface area contributed by atoms with E-state index in [0.717, 1.165) is 5.69 Å². The highest BCUT2D eigenvalue weighted by Crippen LogP contribution is 2.24. The average Bonchev–Trinajstić information content (AvgIpc) is 2.91. The average molecular weight is 337 g/mol. The van der Waals surface area contributed by atoms with E-state index in [4.69, 9.17) is 9.84 Å². The molecule has 24 heavy (non-hydrogen) atoms. The van der Waals surface area contributed by atoms with Crippen molar-refractivity contribution in [3.05, 3.63) is 17.5 Å². The van der Waals surface area contributed by atoms with Crippen molar-refractivity contribution in [1.82, 2.24) is 14.7 Å². The molecule has 0 saturated carbocycles. The van der Waals surface area contributed by atoms with Crippen molar-refractivity contribution in [2.45, 2.75) is 58.6 Å². The van der Waals surface area contributed by atoms with Gasteiger partial charge in [-0.2, -0.15) is 5.10 Å². The number of hydrogen-bond acceptors (Lipinski definition) is 4. The lowest BCUT2D eigenvalue weighted by Gasteiger charge is -2.31. The molecule has 134 valence electrons. The molecule has 1 aliphatic heterocycles. The Morgan fingerprint density at radius 1 is 1.42 bits per heavy atom. The van der Waals surface area contributed by atoms with E-state index in [9.17, 15) is 9.59 Å². The smallest absolute Gasteiger partial charge is 0.306 e. The first-order valence-corrected chi connectivity index (χ1v) is 8.32. The molecule has 0 spiro atoms. The van der Waals surface area contributed by atoms with E-state index in [1.807, 2.05) is 10.7 Å². The van der Waals surface area contributed by atoms with Gasteiger partial charge in [-0.3, -0.25) is 14.3 Å². The molecule has 0 radical (unpaired) electrons. The second-order valence-electron chi connectivity index (χ2n) is 7.53. The van der Waals surface area contributed by atoms with Crippen molar-refractivity contribution in [2.24, 2.45) is 0 Å². The molecule has 2 heterocycles. The normalized spacial score (nSPS) is 18.9. The van der Waals surface area contributed by atoms with Crippen LogP contribution >= 0.6 is 0 Å². The van der Waals surface area contributed by atoms with E-state index < -0.39 is 12.1 Å². The van der Waals surface area contributed by atoms with Crippen molar-refractivity contribution >= 4 is 11.9 Å². The van der Waals surface area contributed by atoms with Crippen LogP contribution in [0.1, 0.15) is 63.1 Å². The van der Waals surface area contributed by atoms with E-state index in [1.54, 1.807) is 4.90 Å². The van der Waals surface area contributed by atoms with Crippen LogP contribution in [0, 0.1) is 0 Å². The SMILES string of the molecule is CC(C)c1cc(C(=O)N2CCOC(CC(=O)O)C2)nn1C(C)(C)C. The fourth-order valence-electron chi connectivity index (χ4n) is 2.83. The van der Waals surface area contributed by atoms with Crippen LogP contribution in [0.2, 0.25) is 0 Å². The third-order valence-corrected chi connectivity index (χ3v) is 4.01. The third kappa shape index (κ3) is 4.14. The first-order chi connectivity index (χ1) is 11.1. The predicted octanol–water partition coefficient (Wildman–Crippen LogP) is 2.08. The summed E-state index contributed by atoms with van der Waals surface area (Å²) in [5, 5.41) is 13.4. The molecule has 0 bridgehead atoms. The lowest BCUT2D eigenvalue weighted by atomic mass is 10.1. The highest BCUT2D eigenvalue weighted by molar-refractivity contribution is 5.92. The highest BCUT2D eigenvalue weighted by Gasteiger charge is 2.30. The first kappa shape index (κ1) is 18.4. The summed E-state index contributed by atoms with van der Waals surface area (Å²) in [5.41, 5.74) is 1.21. The molecular formula is C17H27N3O4. The Hall–Kier alpha value is -1.89. The molecule has 1 fully saturated rings. The zero-order chi connectivity index (χ0) is 18.1. The molecule has 7 nitrogen and oxygen atoms in total. The molecule has 1 atom stereocenters. The fourth-order valence-corrected chi connectivity index (χ4v) is 2.83. The zero-order valence-corrected chi connectivity index (χ0v) is 15.1. The number of carboxylic acids is 1. The number of amides is 1. The number of aliphatic carboxylic acids is 1. The molecule has 1 N–H and O–H groups in total. The largest absolute Gasteiger partial charge is 0.481 e. The van der Waals surface area contributed by atoms with Crippen LogP contribution in [0.4, 0.5) is 0 Å². The summed E-state index contributed by atoms with van der Waals surface area (Å²) in [7, 11) is 0. The monoisotopic (exact) mass is 337 g/mol. The van der Waals surface area contributed by atoms with Gasteiger partial charge in [0.2, 0.25) is 0 Å². The third-order valence-electron chi connectivity index (χ3n) is 4.01. The van der Waals surface area contributed by atoms with Gasteiger partial charge in [0.15, 0.2) is 5.69 Å². The maximum atomic E-state index is 12.8. The van der Waals surface area contributed by atoms with Gasteiger partial charge in [-0.05, 0) is 32.8 Å². The standard InChI is InChI=1S/C17H27N3O4/c1-11(2)14-9-13(18-20(14)17(3,4)5)16(23)19-6-7-24-12(10-19)8-15(21)22/h9,11-12H,6-8,10H2,1-5H3,(H,21,22). The number of carboxylic acid groups (broad SMARTS) is 1. The molecule has 1 aliphatic rings. The lowest BCUT2D eigenvalue weighted by molar-refractivity contribution is -0.141. The molecule has 7 heteroatoms. The van der Waals surface area contributed by atoms with Crippen LogP contribution < -0.4 is 0 Å². The van der Waals surface area contributed by atoms with Crippen molar-refractivity contribution in [1.29, 1.82) is 0 Å². The molecular weight excluding hydrogens is 310 g/mol. The van der Waals surface area contributed by atoms with Gasteiger partial charge >= 0.3 is 5.97 Å². The quantitative estimate of drug-likeness (QED) is 0.909. The van der Waals surface area contributed by atoms with Gasteiger partial charge in [0.05, 0.1) is 24.7 Å². The van der Waals surface area contributed by atoms with Gasteiger partial charge < -0.3 is 14.7 Å². The maximum absolute atomic E-state index is 12.8. The molecule has 0 aromatic carbocycles. The van der Waals surface area contributed by atoms with Crippen molar-refractivity contribution in [3.63, 3.8) is 0 Å². The van der Waals surface area contributed by atoms with Gasteiger partial charge in [-0.25, -0.2) is 0 Å². The maximum Gasteiger partial charge on any atom is 0.306 e. The van der Waals surface area contributed by atoms with E-state index in [1.165, 1.54) is 0 Å². The Balaban J connectivity index is 2.22. The van der Waals surface area contributed by atoms with E-state index in [2.05, 4.69) is 39.7 Å². The number of aromatic nitrogens is 2. The minimum Gasteiger partial charge on any atom is -0.481 e. The summed E-state index contributed by atoms with van der Waals surface area (Å²) in [6, 6.07) is 1.85. The fraction of sp³-hybridized carbons (Fsp3) is 0.706. The van der Waals surface area contributed by atoms with Crippen molar-refractivity contribution in [3.8, 4) is 0 Å². The van der Waals surface area contributed by atoms with Crippen LogP contribution in [0.25, 0.3) is 0 Å². The highest BCUT2D eigenvalue weighted by atomic mass is 16.5. The molecule has 1 saturated heterocycles. The summed E-state index contributed by atoms with van der Waals surface area (Å²) in [4.78, 5) is 25.3. The number of hydrogen-bond donors (Lipinski definition) is 1. The van der Waals surface area contributed by atoms with Crippen LogP contribution in [0.15, 0.2) is 6.07 Å². The van der Waals surface area contributed by atoms with E-state index >= 15 is 0 Å². The van der Waals surface area contributed by atoms with Crippen LogP contribution in [0.5, 0.6) is 0 Å². The number of morpholine rings is 1. The van der Waals surface area contributed by atoms with Gasteiger partial charge in [-0.1, -0.05) is 13.8 Å². The van der Waals surface area contributed by atoms with Crippen molar-refractivity contribution < 1.29 is 19.4 Å². The Morgan fingerprint density at radius 2 is 2.08 bits per heavy atom. The molecule has 1 amide bonds. The van der Waals surface area contributed by atoms with Gasteiger partial charge in [-0.15, -0.1) is 0 Å². The summed E-state index contributed by atoms with van der Waals surface area (Å²) in [5.74, 6) is -0.838. The van der Waals surface area contributed by atoms with E-state index in [-0.39, 0.29) is 30.3 Å². The molecule has 2 rings (SSSR count). The summed E-state index contributed by atoms with van der Waals surface area (Å²) >= 11 is 0. The Kier molecular flexibility index (Phi) is 5.32. The number of ether oxygens (including phenoxy) is 1. The van der Waals surface area contributed by atoms with E-state index in [0.29, 0.717) is 18.8 Å². The van der Waals surface area contributed by atoms with Crippen LogP contribution in [-0.2, 0) is 15.1 Å². The number of rotatable bonds is 4. The molecule has 1 unspecified atom stereocenters. The minimum absolute atomic E-state index is 0.0997. The van der Waals surface area contributed by atoms with Crippen molar-refractivity contribution in [2.75, 3.05) is 19.7 Å². The number of carbonyl (C=O) groups is 2. The van der Waals surface area contributed by atoms with Gasteiger partial charge in [0.1, 0.15) is 0 Å². The minimum atomic E-state index is -0.923. The predicted molar refractivity (Wildman–Crippen MR) is 89.2 cm³/mol. The van der Waals surface area contributed by atoms with Gasteiger partial charge in [0, 0.05) is 18.8 Å². The van der Waals surface area contributed by atoms with Crippen LogP contribution in [0.3, 0.4) is 0 Å². The molecule has 1 aromatic heterocycles. The first-order valence-electron chi connectivity index (χ1n) is 8.32. The number of carbonyl (C=O) groups excluding carboxylic acids is 1. The van der Waals surface area contributed by atoms with Crippen LogP contribution in [-0.4, -0.2) is 57.5 Å². The summed E-state index contributed by atoms with van der Waals surface area (Å²) < 4.78 is 7.33. The Morgan fingerprint density at radius 3 is 2.58 bits per heavy atom. The zero-order valence-electron chi connectivity index (χ0n) is 15.1. The Labute approximate surface area is 142 Å². The van der Waals surface area contributed by atoms with Gasteiger partial charge in [0.25, 0.3) is 5.91 Å². The Bertz CT molecular complexity index is 616. The lowest BCUT2D eigenvalue weighted by Crippen LogP contribution is -2.46. The molecule has 0 aliphatic carbocycles.